The number of ether oxygens (including phenoxy) is 1. The highest BCUT2D eigenvalue weighted by molar-refractivity contribution is 5.98. The molecule has 3 aromatic carbocycles. The van der Waals surface area contributed by atoms with Gasteiger partial charge in [-0.15, -0.1) is 0 Å². The summed E-state index contributed by atoms with van der Waals surface area (Å²) in [4.78, 5) is 0. The summed E-state index contributed by atoms with van der Waals surface area (Å²) < 4.78 is 11.8. The van der Waals surface area contributed by atoms with E-state index in [9.17, 15) is 0 Å². The quantitative estimate of drug-likeness (QED) is 0.265. The van der Waals surface area contributed by atoms with E-state index in [1.807, 2.05) is 0 Å². The van der Waals surface area contributed by atoms with E-state index in [1.54, 1.807) is 6.20 Å². The topological polar surface area (TPSA) is 45.1 Å². The van der Waals surface area contributed by atoms with E-state index in [-0.39, 0.29) is 5.54 Å². The number of nitrogens with zero attached hydrogens (tertiary/aromatic N) is 2. The minimum Gasteiger partial charge on any atom is -0.460 e. The zero-order valence-corrected chi connectivity index (χ0v) is 23.8. The van der Waals surface area contributed by atoms with Crippen LogP contribution in [0.3, 0.4) is 0 Å². The van der Waals surface area contributed by atoms with Crippen LogP contribution in [-0.2, 0) is 18.4 Å². The summed E-state index contributed by atoms with van der Waals surface area (Å²) in [5.41, 5.74) is 13.5. The molecular formula is C38H33N3O. The third-order valence-corrected chi connectivity index (χ3v) is 9.10. The Morgan fingerprint density at radius 1 is 0.881 bits per heavy atom. The molecule has 0 saturated heterocycles. The zero-order chi connectivity index (χ0) is 28.3. The molecule has 206 valence electrons. The first kappa shape index (κ1) is 24.8. The summed E-state index contributed by atoms with van der Waals surface area (Å²) in [7, 11) is 0. The lowest BCUT2D eigenvalue weighted by Crippen LogP contribution is -2.42. The highest BCUT2D eigenvalue weighted by Gasteiger charge is 2.31. The number of benzene rings is 3. The van der Waals surface area contributed by atoms with Crippen LogP contribution in [0.15, 0.2) is 109 Å². The summed E-state index contributed by atoms with van der Waals surface area (Å²) in [5.74, 6) is 1.94. The molecule has 0 unspecified atom stereocenters. The monoisotopic (exact) mass is 547 g/mol. The van der Waals surface area contributed by atoms with Crippen LogP contribution in [-0.4, -0.2) is 9.13 Å². The minimum atomic E-state index is -0.214. The number of hydrogen-bond acceptors (Lipinski definition) is 2. The van der Waals surface area contributed by atoms with Crippen LogP contribution in [0, 0.1) is 0 Å². The van der Waals surface area contributed by atoms with Crippen LogP contribution in [0.25, 0.3) is 45.5 Å². The van der Waals surface area contributed by atoms with Gasteiger partial charge in [0, 0.05) is 39.9 Å². The largest absolute Gasteiger partial charge is 0.460 e. The summed E-state index contributed by atoms with van der Waals surface area (Å²) >= 11 is 0. The van der Waals surface area contributed by atoms with Crippen molar-refractivity contribution in [1.29, 1.82) is 0 Å². The molecule has 0 radical (unpaired) electrons. The molecule has 5 aromatic rings. The standard InChI is InChI=1S/C38H33N3O/c1-38(22-12-2-3-13-23-38)41-31-19-11-10-17-29(31)35(33(41)25-39)34-24-26-20-21-32-36(37(26)42-34)28-16-8-5-9-18-30(28)40(32)27-14-6-4-7-15-27/h2-12,14-15,17-22,25H,13,16,23-24,39H2,1H3/b33-25+,35-34+/t38-/m0/s1. The van der Waals surface area contributed by atoms with E-state index < -0.39 is 0 Å². The van der Waals surface area contributed by atoms with Crippen molar-refractivity contribution in [3.8, 4) is 11.4 Å². The average molecular weight is 548 g/mol. The first-order valence-corrected chi connectivity index (χ1v) is 14.8. The summed E-state index contributed by atoms with van der Waals surface area (Å²) in [6, 6.07) is 23.8. The predicted octanol–water partition coefficient (Wildman–Crippen LogP) is 6.77. The van der Waals surface area contributed by atoms with E-state index in [0.717, 1.165) is 53.4 Å². The lowest BCUT2D eigenvalue weighted by molar-refractivity contribution is 0.386. The van der Waals surface area contributed by atoms with Crippen LogP contribution in [0.4, 0.5) is 0 Å². The Labute approximate surface area is 245 Å². The molecule has 4 heteroatoms. The molecule has 0 amide bonds. The Morgan fingerprint density at radius 2 is 1.71 bits per heavy atom. The Bertz CT molecular complexity index is 2140. The van der Waals surface area contributed by atoms with Crippen molar-refractivity contribution in [2.24, 2.45) is 5.73 Å². The van der Waals surface area contributed by atoms with E-state index >= 15 is 0 Å². The van der Waals surface area contributed by atoms with E-state index in [4.69, 9.17) is 10.5 Å². The minimum absolute atomic E-state index is 0.214. The van der Waals surface area contributed by atoms with Crippen molar-refractivity contribution < 1.29 is 4.74 Å². The molecule has 42 heavy (non-hydrogen) atoms. The lowest BCUT2D eigenvalue weighted by Gasteiger charge is -2.29. The first-order valence-electron chi connectivity index (χ1n) is 14.8. The van der Waals surface area contributed by atoms with Crippen molar-refractivity contribution in [2.45, 2.75) is 38.1 Å². The number of hydrogen-bond donors (Lipinski definition) is 1. The van der Waals surface area contributed by atoms with Crippen molar-refractivity contribution in [2.75, 3.05) is 0 Å². The van der Waals surface area contributed by atoms with Gasteiger partial charge in [0.15, 0.2) is 0 Å². The highest BCUT2D eigenvalue weighted by Crippen LogP contribution is 2.44. The van der Waals surface area contributed by atoms with Crippen LogP contribution >= 0.6 is 0 Å². The predicted molar refractivity (Wildman–Crippen MR) is 174 cm³/mol. The Morgan fingerprint density at radius 3 is 2.60 bits per heavy atom. The Balaban J connectivity index is 1.40. The lowest BCUT2D eigenvalue weighted by atomic mass is 9.95. The highest BCUT2D eigenvalue weighted by atomic mass is 16.5. The molecule has 0 fully saturated rings. The Hall–Kier alpha value is -4.96. The van der Waals surface area contributed by atoms with Gasteiger partial charge < -0.3 is 19.6 Å². The molecule has 4 nitrogen and oxygen atoms in total. The SMILES string of the molecule is C[C@]1(n2c(=C/N)/c(=C3\Cc4ccc5c(c6c(n5-c5ccccc5)C=CC=CC6)c4O3)c3ccccc32)C=CC=CCC1. The van der Waals surface area contributed by atoms with E-state index in [0.29, 0.717) is 0 Å². The van der Waals surface area contributed by atoms with Gasteiger partial charge in [-0.1, -0.05) is 85.0 Å². The smallest absolute Gasteiger partial charge is 0.140 e. The van der Waals surface area contributed by atoms with Gasteiger partial charge in [-0.25, -0.2) is 0 Å². The fourth-order valence-corrected chi connectivity index (χ4v) is 7.21. The number of nitrogens with two attached hydrogens (primary N) is 1. The Kier molecular flexibility index (Phi) is 5.65. The zero-order valence-electron chi connectivity index (χ0n) is 23.8. The average Bonchev–Trinajstić information content (AvgIpc) is 3.55. The molecule has 8 rings (SSSR count). The maximum absolute atomic E-state index is 7.01. The molecule has 1 atom stereocenters. The first-order chi connectivity index (χ1) is 20.7. The van der Waals surface area contributed by atoms with Crippen LogP contribution in [0.2, 0.25) is 0 Å². The van der Waals surface area contributed by atoms with Gasteiger partial charge >= 0.3 is 0 Å². The van der Waals surface area contributed by atoms with Gasteiger partial charge in [-0.05, 0) is 62.1 Å². The van der Waals surface area contributed by atoms with Crippen molar-refractivity contribution in [3.63, 3.8) is 0 Å². The second-order valence-corrected chi connectivity index (χ2v) is 11.6. The van der Waals surface area contributed by atoms with Crippen molar-refractivity contribution in [3.05, 3.63) is 137 Å². The molecule has 2 N–H and O–H groups in total. The summed E-state index contributed by atoms with van der Waals surface area (Å²) in [5, 5.41) is 4.48. The second kappa shape index (κ2) is 9.56. The van der Waals surface area contributed by atoms with Gasteiger partial charge in [-0.2, -0.15) is 0 Å². The summed E-state index contributed by atoms with van der Waals surface area (Å²) in [6.45, 7) is 2.31. The number of aromatic nitrogens is 2. The van der Waals surface area contributed by atoms with Crippen LogP contribution in [0.1, 0.15) is 36.6 Å². The molecule has 3 heterocycles. The number of para-hydroxylation sites is 2. The van der Waals surface area contributed by atoms with Gasteiger partial charge in [0.2, 0.25) is 0 Å². The van der Waals surface area contributed by atoms with Gasteiger partial charge in [-0.3, -0.25) is 0 Å². The fourth-order valence-electron chi connectivity index (χ4n) is 7.21. The maximum Gasteiger partial charge on any atom is 0.140 e. The fraction of sp³-hybridized carbons (Fsp3) is 0.158. The molecule has 3 aliphatic rings. The van der Waals surface area contributed by atoms with Crippen LogP contribution < -0.4 is 21.0 Å². The van der Waals surface area contributed by atoms with Crippen molar-refractivity contribution in [1.82, 2.24) is 9.13 Å². The number of rotatable bonds is 2. The third kappa shape index (κ3) is 3.61. The van der Waals surface area contributed by atoms with E-state index in [2.05, 4.69) is 131 Å². The summed E-state index contributed by atoms with van der Waals surface area (Å²) in [6.07, 6.45) is 23.0. The van der Waals surface area contributed by atoms with Gasteiger partial charge in [0.1, 0.15) is 11.5 Å². The number of allylic oxidation sites excluding steroid dienone is 7. The van der Waals surface area contributed by atoms with Crippen LogP contribution in [0.5, 0.6) is 5.75 Å². The molecule has 0 bridgehead atoms. The third-order valence-electron chi connectivity index (χ3n) is 9.10. The molecule has 2 aromatic heterocycles. The molecular weight excluding hydrogens is 514 g/mol. The molecule has 0 saturated carbocycles. The molecule has 2 aliphatic carbocycles. The van der Waals surface area contributed by atoms with E-state index in [1.165, 1.54) is 38.6 Å². The number of fused-ring (bicyclic) bond motifs is 6. The molecule has 0 spiro atoms. The van der Waals surface area contributed by atoms with Crippen molar-refractivity contribution >= 4 is 39.8 Å². The normalized spacial score (nSPS) is 21.0. The second-order valence-electron chi connectivity index (χ2n) is 11.6. The molecule has 1 aliphatic heterocycles. The van der Waals surface area contributed by atoms with Gasteiger partial charge in [0.25, 0.3) is 0 Å². The van der Waals surface area contributed by atoms with Gasteiger partial charge in [0.05, 0.1) is 27.6 Å². The maximum atomic E-state index is 7.01.